The Morgan fingerprint density at radius 2 is 1.96 bits per heavy atom. The van der Waals surface area contributed by atoms with Crippen LogP contribution in [0.5, 0.6) is 5.75 Å². The Kier molecular flexibility index (Phi) is 5.20. The van der Waals surface area contributed by atoms with Crippen LogP contribution in [-0.2, 0) is 19.3 Å². The van der Waals surface area contributed by atoms with Crippen LogP contribution in [0.25, 0.3) is 0 Å². The van der Waals surface area contributed by atoms with Crippen molar-refractivity contribution in [3.8, 4) is 5.75 Å². The van der Waals surface area contributed by atoms with Gasteiger partial charge in [-0.2, -0.15) is 13.2 Å². The van der Waals surface area contributed by atoms with Gasteiger partial charge in [0.15, 0.2) is 0 Å². The molecule has 0 N–H and O–H groups in total. The number of rotatable bonds is 5. The summed E-state index contributed by atoms with van der Waals surface area (Å²) in [5, 5.41) is 0. The number of benzene rings is 1. The maximum Gasteiger partial charge on any atom is 0.451 e. The Bertz CT molecular complexity index is 674. The molecule has 1 heterocycles. The molecule has 0 radical (unpaired) electrons. The fourth-order valence-corrected chi connectivity index (χ4v) is 2.21. The van der Waals surface area contributed by atoms with E-state index in [0.717, 1.165) is 11.3 Å². The fraction of sp³-hybridized carbons (Fsp3) is 0.375. The van der Waals surface area contributed by atoms with E-state index in [4.69, 9.17) is 4.74 Å². The van der Waals surface area contributed by atoms with Gasteiger partial charge in [0.05, 0.1) is 7.11 Å². The van der Waals surface area contributed by atoms with Crippen LogP contribution < -0.4 is 4.74 Å². The Balaban J connectivity index is 2.06. The highest BCUT2D eigenvalue weighted by Gasteiger charge is 2.34. The molecule has 0 amide bonds. The minimum absolute atomic E-state index is 0.338. The van der Waals surface area contributed by atoms with Gasteiger partial charge < -0.3 is 4.74 Å². The minimum atomic E-state index is -4.52. The van der Waals surface area contributed by atoms with Crippen LogP contribution in [0.4, 0.5) is 13.2 Å². The smallest absolute Gasteiger partial charge is 0.451 e. The van der Waals surface area contributed by atoms with Crippen molar-refractivity contribution in [2.75, 3.05) is 14.2 Å². The highest BCUT2D eigenvalue weighted by atomic mass is 19.4. The summed E-state index contributed by atoms with van der Waals surface area (Å²) >= 11 is 0. The molecule has 0 unspecified atom stereocenters. The first kappa shape index (κ1) is 17.2. The highest BCUT2D eigenvalue weighted by Crippen LogP contribution is 2.26. The Labute approximate surface area is 132 Å². The summed E-state index contributed by atoms with van der Waals surface area (Å²) in [6.07, 6.45) is -3.27. The van der Waals surface area contributed by atoms with Crippen molar-refractivity contribution < 1.29 is 17.9 Å². The Morgan fingerprint density at radius 3 is 2.57 bits per heavy atom. The zero-order valence-electron chi connectivity index (χ0n) is 13.2. The predicted octanol–water partition coefficient (Wildman–Crippen LogP) is 3.44. The van der Waals surface area contributed by atoms with Crippen molar-refractivity contribution in [2.45, 2.75) is 26.2 Å². The molecule has 1 aromatic heterocycles. The molecule has 2 aromatic rings. The highest BCUT2D eigenvalue weighted by molar-refractivity contribution is 5.28. The van der Waals surface area contributed by atoms with Crippen molar-refractivity contribution in [3.05, 3.63) is 53.1 Å². The van der Waals surface area contributed by atoms with Gasteiger partial charge in [0.25, 0.3) is 0 Å². The standard InChI is InChI=1S/C16H18F3N3O/c1-11-13(8-20-15(21-11)16(17,18)19)10-22(2)9-12-5-4-6-14(7-12)23-3/h4-8H,9-10H2,1-3H3. The topological polar surface area (TPSA) is 38.2 Å². The Hall–Kier alpha value is -2.15. The molecule has 0 aliphatic rings. The second kappa shape index (κ2) is 6.95. The van der Waals surface area contributed by atoms with Gasteiger partial charge in [-0.25, -0.2) is 9.97 Å². The molecule has 124 valence electrons. The summed E-state index contributed by atoms with van der Waals surface area (Å²) in [5.74, 6) is -0.334. The molecular formula is C16H18F3N3O. The molecule has 0 bridgehead atoms. The van der Waals surface area contributed by atoms with Gasteiger partial charge in [-0.3, -0.25) is 4.90 Å². The zero-order valence-corrected chi connectivity index (χ0v) is 13.2. The quantitative estimate of drug-likeness (QED) is 0.844. The minimum Gasteiger partial charge on any atom is -0.497 e. The van der Waals surface area contributed by atoms with E-state index in [2.05, 4.69) is 9.97 Å². The number of methoxy groups -OCH3 is 1. The molecule has 0 atom stereocenters. The number of nitrogens with zero attached hydrogens (tertiary/aromatic N) is 3. The largest absolute Gasteiger partial charge is 0.497 e. The number of ether oxygens (including phenoxy) is 1. The van der Waals surface area contributed by atoms with Crippen LogP contribution in [-0.4, -0.2) is 29.0 Å². The molecular weight excluding hydrogens is 307 g/mol. The lowest BCUT2D eigenvalue weighted by Crippen LogP contribution is -2.20. The third-order valence-electron chi connectivity index (χ3n) is 3.36. The number of alkyl halides is 3. The van der Waals surface area contributed by atoms with Crippen LogP contribution >= 0.6 is 0 Å². The number of aryl methyl sites for hydroxylation is 1. The number of hydrogen-bond acceptors (Lipinski definition) is 4. The summed E-state index contributed by atoms with van der Waals surface area (Å²) in [7, 11) is 3.49. The molecule has 0 saturated carbocycles. The van der Waals surface area contributed by atoms with E-state index < -0.39 is 12.0 Å². The first-order valence-corrected chi connectivity index (χ1v) is 7.01. The van der Waals surface area contributed by atoms with E-state index in [-0.39, 0.29) is 0 Å². The SMILES string of the molecule is COc1cccc(CN(C)Cc2cnc(C(F)(F)F)nc2C)c1. The monoisotopic (exact) mass is 325 g/mol. The molecule has 1 aromatic carbocycles. The molecule has 0 spiro atoms. The molecule has 0 aliphatic carbocycles. The number of aromatic nitrogens is 2. The number of halogens is 3. The van der Waals surface area contributed by atoms with Crippen molar-refractivity contribution in [2.24, 2.45) is 0 Å². The van der Waals surface area contributed by atoms with Gasteiger partial charge >= 0.3 is 6.18 Å². The van der Waals surface area contributed by atoms with Crippen molar-refractivity contribution >= 4 is 0 Å². The van der Waals surface area contributed by atoms with Gasteiger partial charge in [-0.15, -0.1) is 0 Å². The second-order valence-electron chi connectivity index (χ2n) is 5.33. The third kappa shape index (κ3) is 4.66. The van der Waals surface area contributed by atoms with Crippen LogP contribution in [0.1, 0.15) is 22.6 Å². The lowest BCUT2D eigenvalue weighted by Gasteiger charge is -2.18. The van der Waals surface area contributed by atoms with Crippen molar-refractivity contribution in [3.63, 3.8) is 0 Å². The lowest BCUT2D eigenvalue weighted by atomic mass is 10.2. The summed E-state index contributed by atoms with van der Waals surface area (Å²) in [6, 6.07) is 7.65. The normalized spacial score (nSPS) is 11.8. The first-order valence-electron chi connectivity index (χ1n) is 7.01. The summed E-state index contributed by atoms with van der Waals surface area (Å²) in [4.78, 5) is 8.94. The summed E-state index contributed by atoms with van der Waals surface area (Å²) < 4.78 is 42.9. The number of hydrogen-bond donors (Lipinski definition) is 0. The Morgan fingerprint density at radius 1 is 1.22 bits per heavy atom. The zero-order chi connectivity index (χ0) is 17.0. The predicted molar refractivity (Wildman–Crippen MR) is 79.9 cm³/mol. The van der Waals surface area contributed by atoms with Gasteiger partial charge in [0.1, 0.15) is 5.75 Å². The van der Waals surface area contributed by atoms with Gasteiger partial charge in [0.2, 0.25) is 5.82 Å². The van der Waals surface area contributed by atoms with Crippen LogP contribution in [0.2, 0.25) is 0 Å². The van der Waals surface area contributed by atoms with Crippen molar-refractivity contribution in [1.82, 2.24) is 14.9 Å². The fourth-order valence-electron chi connectivity index (χ4n) is 2.21. The molecule has 2 rings (SSSR count). The molecule has 23 heavy (non-hydrogen) atoms. The summed E-state index contributed by atoms with van der Waals surface area (Å²) in [6.45, 7) is 2.66. The molecule has 0 aliphatic heterocycles. The third-order valence-corrected chi connectivity index (χ3v) is 3.36. The van der Waals surface area contributed by atoms with Crippen LogP contribution in [0.3, 0.4) is 0 Å². The average Bonchev–Trinajstić information content (AvgIpc) is 2.48. The van der Waals surface area contributed by atoms with E-state index in [1.54, 1.807) is 14.0 Å². The van der Waals surface area contributed by atoms with E-state index in [1.165, 1.54) is 6.20 Å². The molecule has 0 fully saturated rings. The van der Waals surface area contributed by atoms with Crippen molar-refractivity contribution in [1.29, 1.82) is 0 Å². The van der Waals surface area contributed by atoms with Gasteiger partial charge in [-0.05, 0) is 31.7 Å². The maximum atomic E-state index is 12.6. The molecule has 0 saturated heterocycles. The average molecular weight is 325 g/mol. The van der Waals surface area contributed by atoms with E-state index in [0.29, 0.717) is 24.3 Å². The maximum absolute atomic E-state index is 12.6. The second-order valence-corrected chi connectivity index (χ2v) is 5.33. The van der Waals surface area contributed by atoms with E-state index in [1.807, 2.05) is 36.2 Å². The van der Waals surface area contributed by atoms with Crippen LogP contribution in [0.15, 0.2) is 30.5 Å². The molecule has 4 nitrogen and oxygen atoms in total. The van der Waals surface area contributed by atoms with E-state index >= 15 is 0 Å². The van der Waals surface area contributed by atoms with Gasteiger partial charge in [-0.1, -0.05) is 12.1 Å². The van der Waals surface area contributed by atoms with Crippen LogP contribution in [0, 0.1) is 6.92 Å². The van der Waals surface area contributed by atoms with Gasteiger partial charge in [0, 0.05) is 30.5 Å². The summed E-state index contributed by atoms with van der Waals surface area (Å²) in [5.41, 5.74) is 2.06. The molecule has 7 heteroatoms. The van der Waals surface area contributed by atoms with E-state index in [9.17, 15) is 13.2 Å². The lowest BCUT2D eigenvalue weighted by molar-refractivity contribution is -0.145. The first-order chi connectivity index (χ1) is 10.8.